The average Bonchev–Trinajstić information content (AvgIpc) is 2.38. The van der Waals surface area contributed by atoms with Crippen LogP contribution < -0.4 is 0 Å². The van der Waals surface area contributed by atoms with E-state index in [9.17, 15) is 0 Å². The molecule has 118 valence electrons. The summed E-state index contributed by atoms with van der Waals surface area (Å²) in [5, 5.41) is 1.14. The van der Waals surface area contributed by atoms with Gasteiger partial charge < -0.3 is 0 Å². The molecule has 1 aromatic heterocycles. The molecule has 1 aliphatic rings. The third-order valence-electron chi connectivity index (χ3n) is 3.77. The smallest absolute Gasteiger partial charge is 0.0965 e. The predicted molar refractivity (Wildman–Crippen MR) is 92.9 cm³/mol. The van der Waals surface area contributed by atoms with Crippen molar-refractivity contribution in [3.05, 3.63) is 23.9 Å². The van der Waals surface area contributed by atoms with Crippen molar-refractivity contribution in [3.8, 4) is 0 Å². The Balaban J connectivity index is 2.08. The van der Waals surface area contributed by atoms with Gasteiger partial charge in [-0.05, 0) is 36.9 Å². The predicted octanol–water partition coefficient (Wildman–Crippen LogP) is 5.16. The van der Waals surface area contributed by atoms with E-state index in [0.29, 0.717) is 6.04 Å². The topological polar surface area (TPSA) is 16.1 Å². The first-order chi connectivity index (χ1) is 9.85. The molecule has 0 unspecified atom stereocenters. The summed E-state index contributed by atoms with van der Waals surface area (Å²) in [6.07, 6.45) is 6.07. The van der Waals surface area contributed by atoms with Gasteiger partial charge in [0.1, 0.15) is 0 Å². The van der Waals surface area contributed by atoms with Gasteiger partial charge in [-0.15, -0.1) is 11.8 Å². The van der Waals surface area contributed by atoms with Crippen LogP contribution in [-0.4, -0.2) is 27.7 Å². The van der Waals surface area contributed by atoms with Gasteiger partial charge in [-0.2, -0.15) is 0 Å². The number of likely N-dealkylation sites (tertiary alicyclic amines) is 1. The summed E-state index contributed by atoms with van der Waals surface area (Å²) in [6.45, 7) is 13.8. The molecule has 1 saturated heterocycles. The van der Waals surface area contributed by atoms with Crippen molar-refractivity contribution in [3.63, 3.8) is 0 Å². The number of piperidine rings is 1. The molecule has 0 amide bonds. The monoisotopic (exact) mass is 306 g/mol. The van der Waals surface area contributed by atoms with Crippen LogP contribution in [0.15, 0.2) is 23.4 Å². The first-order valence-corrected chi connectivity index (χ1v) is 9.06. The van der Waals surface area contributed by atoms with E-state index in [-0.39, 0.29) is 4.75 Å². The van der Waals surface area contributed by atoms with Gasteiger partial charge in [0.2, 0.25) is 0 Å². The number of thioether (sulfide) groups is 1. The van der Waals surface area contributed by atoms with Gasteiger partial charge in [-0.1, -0.05) is 47.1 Å². The number of hydrogen-bond acceptors (Lipinski definition) is 3. The summed E-state index contributed by atoms with van der Waals surface area (Å²) in [5.74, 6) is 0.731. The second-order valence-corrected chi connectivity index (χ2v) is 9.39. The van der Waals surface area contributed by atoms with Gasteiger partial charge in [-0.25, -0.2) is 4.98 Å². The maximum atomic E-state index is 4.69. The van der Waals surface area contributed by atoms with E-state index in [2.05, 4.69) is 62.8 Å². The Morgan fingerprint density at radius 1 is 1.29 bits per heavy atom. The van der Waals surface area contributed by atoms with Crippen LogP contribution in [0.4, 0.5) is 0 Å². The van der Waals surface area contributed by atoms with Crippen molar-refractivity contribution in [2.45, 2.75) is 69.7 Å². The standard InChI is InChI=1S/C18H30N2S/c1-14(2)13-20-11-7-6-8-16(20)15-9-10-17(19-12-15)21-18(3,4)5/h9-10,12,14,16H,6-8,11,13H2,1-5H3/t16-/m0/s1. The van der Waals surface area contributed by atoms with Crippen molar-refractivity contribution in [1.82, 2.24) is 9.88 Å². The summed E-state index contributed by atoms with van der Waals surface area (Å²) in [7, 11) is 0. The van der Waals surface area contributed by atoms with Crippen molar-refractivity contribution in [2.24, 2.45) is 5.92 Å². The number of hydrogen-bond donors (Lipinski definition) is 0. The lowest BCUT2D eigenvalue weighted by molar-refractivity contribution is 0.132. The fraction of sp³-hybridized carbons (Fsp3) is 0.722. The van der Waals surface area contributed by atoms with Gasteiger partial charge in [0.05, 0.1) is 5.03 Å². The Labute approximate surface area is 134 Å². The fourth-order valence-electron chi connectivity index (χ4n) is 3.02. The van der Waals surface area contributed by atoms with E-state index in [1.54, 1.807) is 0 Å². The summed E-state index contributed by atoms with van der Waals surface area (Å²) >= 11 is 1.84. The molecular formula is C18H30N2S. The minimum atomic E-state index is 0.225. The summed E-state index contributed by atoms with van der Waals surface area (Å²) in [5.41, 5.74) is 1.40. The molecule has 1 aliphatic heterocycles. The zero-order valence-corrected chi connectivity index (χ0v) is 15.0. The third-order valence-corrected chi connectivity index (χ3v) is 4.83. The SMILES string of the molecule is CC(C)CN1CCCC[C@H]1c1ccc(SC(C)(C)C)nc1. The van der Waals surface area contributed by atoms with Crippen LogP contribution >= 0.6 is 11.8 Å². The largest absolute Gasteiger partial charge is 0.296 e. The van der Waals surface area contributed by atoms with Gasteiger partial charge in [0.15, 0.2) is 0 Å². The first kappa shape index (κ1) is 16.8. The molecule has 2 heterocycles. The van der Waals surface area contributed by atoms with Crippen molar-refractivity contribution in [2.75, 3.05) is 13.1 Å². The summed E-state index contributed by atoms with van der Waals surface area (Å²) in [4.78, 5) is 7.34. The Kier molecular flexibility index (Phi) is 5.73. The Hall–Kier alpha value is -0.540. The summed E-state index contributed by atoms with van der Waals surface area (Å²) < 4.78 is 0.225. The Bertz CT molecular complexity index is 434. The highest BCUT2D eigenvalue weighted by atomic mass is 32.2. The van der Waals surface area contributed by atoms with Crippen LogP contribution in [0, 0.1) is 5.92 Å². The van der Waals surface area contributed by atoms with Crippen LogP contribution in [0.25, 0.3) is 0 Å². The number of aromatic nitrogens is 1. The number of pyridine rings is 1. The molecule has 0 radical (unpaired) electrons. The normalized spacial score (nSPS) is 21.0. The van der Waals surface area contributed by atoms with E-state index in [1.807, 2.05) is 11.8 Å². The highest BCUT2D eigenvalue weighted by Crippen LogP contribution is 2.34. The summed E-state index contributed by atoms with van der Waals surface area (Å²) in [6, 6.07) is 5.07. The molecule has 3 heteroatoms. The van der Waals surface area contributed by atoms with Gasteiger partial charge in [-0.3, -0.25) is 4.90 Å². The van der Waals surface area contributed by atoms with Crippen LogP contribution in [0.3, 0.4) is 0 Å². The zero-order valence-electron chi connectivity index (χ0n) is 14.2. The van der Waals surface area contributed by atoms with Crippen LogP contribution in [0.1, 0.15) is 65.5 Å². The molecule has 1 aromatic rings. The molecule has 0 saturated carbocycles. The number of rotatable bonds is 4. The molecule has 2 rings (SSSR count). The van der Waals surface area contributed by atoms with E-state index >= 15 is 0 Å². The van der Waals surface area contributed by atoms with Crippen molar-refractivity contribution < 1.29 is 0 Å². The second kappa shape index (κ2) is 7.15. The number of nitrogens with zero attached hydrogens (tertiary/aromatic N) is 2. The van der Waals surface area contributed by atoms with Gasteiger partial charge >= 0.3 is 0 Å². The molecular weight excluding hydrogens is 276 g/mol. The fourth-order valence-corrected chi connectivity index (χ4v) is 3.89. The van der Waals surface area contributed by atoms with Crippen LogP contribution in [-0.2, 0) is 0 Å². The third kappa shape index (κ3) is 5.30. The lowest BCUT2D eigenvalue weighted by atomic mass is 9.95. The molecule has 1 fully saturated rings. The van der Waals surface area contributed by atoms with E-state index in [4.69, 9.17) is 0 Å². The molecule has 0 aliphatic carbocycles. The van der Waals surface area contributed by atoms with Crippen molar-refractivity contribution >= 4 is 11.8 Å². The van der Waals surface area contributed by atoms with Crippen LogP contribution in [0.5, 0.6) is 0 Å². The molecule has 0 aromatic carbocycles. The van der Waals surface area contributed by atoms with E-state index in [1.165, 1.54) is 37.9 Å². The van der Waals surface area contributed by atoms with Gasteiger partial charge in [0, 0.05) is 23.5 Å². The average molecular weight is 307 g/mol. The first-order valence-electron chi connectivity index (χ1n) is 8.24. The quantitative estimate of drug-likeness (QED) is 0.715. The maximum absolute atomic E-state index is 4.69. The van der Waals surface area contributed by atoms with Crippen molar-refractivity contribution in [1.29, 1.82) is 0 Å². The lowest BCUT2D eigenvalue weighted by Crippen LogP contribution is -2.36. The van der Waals surface area contributed by atoms with E-state index in [0.717, 1.165) is 10.9 Å². The molecule has 2 nitrogen and oxygen atoms in total. The maximum Gasteiger partial charge on any atom is 0.0965 e. The minimum absolute atomic E-state index is 0.225. The van der Waals surface area contributed by atoms with Crippen LogP contribution in [0.2, 0.25) is 0 Å². The Morgan fingerprint density at radius 2 is 2.05 bits per heavy atom. The zero-order chi connectivity index (χ0) is 15.5. The lowest BCUT2D eigenvalue weighted by Gasteiger charge is -2.37. The molecule has 0 spiro atoms. The Morgan fingerprint density at radius 3 is 2.62 bits per heavy atom. The molecule has 21 heavy (non-hydrogen) atoms. The molecule has 0 N–H and O–H groups in total. The highest BCUT2D eigenvalue weighted by Gasteiger charge is 2.24. The molecule has 1 atom stereocenters. The highest BCUT2D eigenvalue weighted by molar-refractivity contribution is 8.00. The van der Waals surface area contributed by atoms with E-state index < -0.39 is 0 Å². The second-order valence-electron chi connectivity index (χ2n) is 7.54. The van der Waals surface area contributed by atoms with Gasteiger partial charge in [0.25, 0.3) is 0 Å². The minimum Gasteiger partial charge on any atom is -0.296 e. The molecule has 0 bridgehead atoms.